The fraction of sp³-hybridized carbons (Fsp3) is 0.917. The molecule has 0 aromatic rings. The van der Waals surface area contributed by atoms with Crippen molar-refractivity contribution in [3.05, 3.63) is 0 Å². The van der Waals surface area contributed by atoms with Crippen LogP contribution in [-0.4, -0.2) is 49.7 Å². The number of carbonyl (C=O) groups excluding carboxylic acids is 1. The van der Waals surface area contributed by atoms with E-state index in [1.54, 1.807) is 0 Å². The van der Waals surface area contributed by atoms with Gasteiger partial charge in [-0.05, 0) is 19.3 Å². The van der Waals surface area contributed by atoms with E-state index in [9.17, 15) is 4.79 Å². The van der Waals surface area contributed by atoms with E-state index in [1.165, 1.54) is 12.8 Å². The van der Waals surface area contributed by atoms with Gasteiger partial charge in [-0.2, -0.15) is 0 Å². The molecule has 92 valence electrons. The molecule has 2 rings (SSSR count). The Bertz CT molecular complexity index is 235. The van der Waals surface area contributed by atoms with E-state index in [1.807, 2.05) is 6.92 Å². The van der Waals surface area contributed by atoms with Gasteiger partial charge in [-0.1, -0.05) is 12.8 Å². The maximum absolute atomic E-state index is 11.8. The average molecular weight is 226 g/mol. The van der Waals surface area contributed by atoms with Crippen LogP contribution in [0.1, 0.15) is 26.2 Å². The molecule has 0 aromatic carbocycles. The van der Waals surface area contributed by atoms with Gasteiger partial charge in [-0.15, -0.1) is 0 Å². The Labute approximate surface area is 97.3 Å². The highest BCUT2D eigenvalue weighted by atomic mass is 16.5. The first-order valence-corrected chi connectivity index (χ1v) is 6.39. The minimum Gasteiger partial charge on any atom is -0.465 e. The predicted octanol–water partition coefficient (Wildman–Crippen LogP) is 0.623. The molecule has 0 bridgehead atoms. The van der Waals surface area contributed by atoms with Gasteiger partial charge < -0.3 is 10.1 Å². The van der Waals surface area contributed by atoms with E-state index in [2.05, 4.69) is 10.2 Å². The highest BCUT2D eigenvalue weighted by Crippen LogP contribution is 2.32. The second-order valence-corrected chi connectivity index (χ2v) is 4.86. The topological polar surface area (TPSA) is 41.6 Å². The third-order valence-electron chi connectivity index (χ3n) is 3.51. The monoisotopic (exact) mass is 226 g/mol. The first-order chi connectivity index (χ1) is 7.77. The third-order valence-corrected chi connectivity index (χ3v) is 3.51. The molecular formula is C12H22N2O2. The number of hydrogen-bond donors (Lipinski definition) is 1. The largest absolute Gasteiger partial charge is 0.465 e. The van der Waals surface area contributed by atoms with Gasteiger partial charge in [0.15, 0.2) is 0 Å². The minimum atomic E-state index is -0.0821. The van der Waals surface area contributed by atoms with Crippen LogP contribution in [0.4, 0.5) is 0 Å². The zero-order valence-corrected chi connectivity index (χ0v) is 10.1. The summed E-state index contributed by atoms with van der Waals surface area (Å²) in [5.74, 6) is 0.782. The number of rotatable bonds is 5. The Morgan fingerprint density at radius 2 is 2.12 bits per heavy atom. The average Bonchev–Trinajstić information content (AvgIpc) is 3.13. The van der Waals surface area contributed by atoms with Gasteiger partial charge in [0.2, 0.25) is 0 Å². The predicted molar refractivity (Wildman–Crippen MR) is 62.2 cm³/mol. The Morgan fingerprint density at radius 3 is 2.75 bits per heavy atom. The van der Waals surface area contributed by atoms with Crippen LogP contribution in [0.2, 0.25) is 0 Å². The molecule has 16 heavy (non-hydrogen) atoms. The Morgan fingerprint density at radius 1 is 1.44 bits per heavy atom. The van der Waals surface area contributed by atoms with Crippen LogP contribution in [-0.2, 0) is 9.53 Å². The number of carbonyl (C=O) groups is 1. The highest BCUT2D eigenvalue weighted by Gasteiger charge is 2.25. The maximum atomic E-state index is 11.8. The summed E-state index contributed by atoms with van der Waals surface area (Å²) in [4.78, 5) is 14.0. The van der Waals surface area contributed by atoms with Gasteiger partial charge >= 0.3 is 5.97 Å². The van der Waals surface area contributed by atoms with Gasteiger partial charge in [-0.25, -0.2) is 0 Å². The molecule has 0 aromatic heterocycles. The van der Waals surface area contributed by atoms with Crippen LogP contribution in [0.15, 0.2) is 0 Å². The molecule has 2 aliphatic rings. The first-order valence-electron chi connectivity index (χ1n) is 6.39. The molecule has 1 heterocycles. The molecule has 1 N–H and O–H groups in total. The molecule has 1 aliphatic carbocycles. The molecule has 1 unspecified atom stereocenters. The molecule has 0 spiro atoms. The molecule has 1 saturated heterocycles. The van der Waals surface area contributed by atoms with E-state index in [0.717, 1.165) is 38.5 Å². The summed E-state index contributed by atoms with van der Waals surface area (Å²) in [6.45, 7) is 6.39. The lowest BCUT2D eigenvalue weighted by atomic mass is 10.2. The van der Waals surface area contributed by atoms with Crippen molar-refractivity contribution < 1.29 is 9.53 Å². The van der Waals surface area contributed by atoms with Crippen molar-refractivity contribution in [2.75, 3.05) is 32.8 Å². The second-order valence-electron chi connectivity index (χ2n) is 4.86. The molecule has 0 amide bonds. The van der Waals surface area contributed by atoms with Gasteiger partial charge in [0, 0.05) is 26.2 Å². The van der Waals surface area contributed by atoms with Crippen molar-refractivity contribution >= 4 is 5.97 Å². The van der Waals surface area contributed by atoms with E-state index in [-0.39, 0.29) is 12.0 Å². The van der Waals surface area contributed by atoms with Crippen molar-refractivity contribution in [3.8, 4) is 0 Å². The van der Waals surface area contributed by atoms with Gasteiger partial charge in [-0.3, -0.25) is 9.69 Å². The normalized spacial score (nSPS) is 24.1. The van der Waals surface area contributed by atoms with E-state index in [4.69, 9.17) is 4.74 Å². The summed E-state index contributed by atoms with van der Waals surface area (Å²) in [6, 6.07) is -0.0821. The standard InChI is InChI=1S/C12H22N2O2/c1-10(14-7-5-13-6-8-14)12(15)16-9-4-11-2-3-11/h10-11,13H,2-9H2,1H3. The van der Waals surface area contributed by atoms with Gasteiger partial charge in [0.25, 0.3) is 0 Å². The summed E-state index contributed by atoms with van der Waals surface area (Å²) in [6.07, 6.45) is 3.70. The fourth-order valence-corrected chi connectivity index (χ4v) is 2.07. The van der Waals surface area contributed by atoms with Crippen molar-refractivity contribution in [1.29, 1.82) is 0 Å². The minimum absolute atomic E-state index is 0.0532. The fourth-order valence-electron chi connectivity index (χ4n) is 2.07. The SMILES string of the molecule is CC(C(=O)OCCC1CC1)N1CCNCC1. The Balaban J connectivity index is 1.65. The summed E-state index contributed by atoms with van der Waals surface area (Å²) in [7, 11) is 0. The number of nitrogens with zero attached hydrogens (tertiary/aromatic N) is 1. The number of nitrogens with one attached hydrogen (secondary N) is 1. The van der Waals surface area contributed by atoms with Crippen molar-refractivity contribution in [2.45, 2.75) is 32.2 Å². The lowest BCUT2D eigenvalue weighted by Gasteiger charge is -2.31. The summed E-state index contributed by atoms with van der Waals surface area (Å²) in [5.41, 5.74) is 0. The van der Waals surface area contributed by atoms with Crippen LogP contribution in [0.3, 0.4) is 0 Å². The Kier molecular flexibility index (Phi) is 4.18. The van der Waals surface area contributed by atoms with E-state index in [0.29, 0.717) is 6.61 Å². The van der Waals surface area contributed by atoms with Crippen molar-refractivity contribution in [3.63, 3.8) is 0 Å². The number of ether oxygens (including phenoxy) is 1. The van der Waals surface area contributed by atoms with Gasteiger partial charge in [0.05, 0.1) is 6.61 Å². The van der Waals surface area contributed by atoms with Crippen LogP contribution in [0, 0.1) is 5.92 Å². The lowest BCUT2D eigenvalue weighted by molar-refractivity contribution is -0.149. The van der Waals surface area contributed by atoms with Crippen LogP contribution in [0.25, 0.3) is 0 Å². The summed E-state index contributed by atoms with van der Waals surface area (Å²) < 4.78 is 5.31. The molecule has 1 saturated carbocycles. The highest BCUT2D eigenvalue weighted by molar-refractivity contribution is 5.75. The summed E-state index contributed by atoms with van der Waals surface area (Å²) in [5, 5.41) is 3.28. The maximum Gasteiger partial charge on any atom is 0.323 e. The molecular weight excluding hydrogens is 204 g/mol. The van der Waals surface area contributed by atoms with Crippen molar-refractivity contribution in [1.82, 2.24) is 10.2 Å². The van der Waals surface area contributed by atoms with E-state index >= 15 is 0 Å². The van der Waals surface area contributed by atoms with Crippen LogP contribution in [0.5, 0.6) is 0 Å². The van der Waals surface area contributed by atoms with Crippen molar-refractivity contribution in [2.24, 2.45) is 5.92 Å². The number of hydrogen-bond acceptors (Lipinski definition) is 4. The van der Waals surface area contributed by atoms with Gasteiger partial charge in [0.1, 0.15) is 6.04 Å². The molecule has 1 atom stereocenters. The third kappa shape index (κ3) is 3.46. The number of esters is 1. The first kappa shape index (κ1) is 11.9. The molecule has 0 radical (unpaired) electrons. The zero-order chi connectivity index (χ0) is 11.4. The molecule has 4 nitrogen and oxygen atoms in total. The quantitative estimate of drug-likeness (QED) is 0.698. The summed E-state index contributed by atoms with van der Waals surface area (Å²) >= 11 is 0. The molecule has 4 heteroatoms. The zero-order valence-electron chi connectivity index (χ0n) is 10.1. The lowest BCUT2D eigenvalue weighted by Crippen LogP contribution is -2.50. The van der Waals surface area contributed by atoms with E-state index < -0.39 is 0 Å². The van der Waals surface area contributed by atoms with Crippen LogP contribution < -0.4 is 5.32 Å². The molecule has 2 fully saturated rings. The number of piperazine rings is 1. The molecule has 1 aliphatic heterocycles. The Hall–Kier alpha value is -0.610. The second kappa shape index (κ2) is 5.64. The smallest absolute Gasteiger partial charge is 0.323 e. The van der Waals surface area contributed by atoms with Crippen LogP contribution >= 0.6 is 0 Å².